The van der Waals surface area contributed by atoms with Crippen molar-refractivity contribution in [3.05, 3.63) is 77.8 Å². The molecule has 162 valence electrons. The maximum Gasteiger partial charge on any atom is 0.251 e. The highest BCUT2D eigenvalue weighted by Gasteiger charge is 2.25. The molecule has 0 aliphatic carbocycles. The van der Waals surface area contributed by atoms with Crippen LogP contribution in [0.1, 0.15) is 35.4 Å². The van der Waals surface area contributed by atoms with Crippen molar-refractivity contribution >= 4 is 15.9 Å². The molecule has 2 aromatic carbocycles. The first-order valence-corrected chi connectivity index (χ1v) is 11.6. The Balaban J connectivity index is 1.37. The number of hydrogen-bond donors (Lipinski definition) is 1. The van der Waals surface area contributed by atoms with Gasteiger partial charge in [-0.3, -0.25) is 4.79 Å². The number of rotatable bonds is 6. The van der Waals surface area contributed by atoms with Crippen molar-refractivity contribution in [2.75, 3.05) is 13.1 Å². The monoisotopic (exact) mass is 442 g/mol. The van der Waals surface area contributed by atoms with Gasteiger partial charge in [-0.15, -0.1) is 0 Å². The maximum absolute atomic E-state index is 13.0. The highest BCUT2D eigenvalue weighted by molar-refractivity contribution is 7.89. The Morgan fingerprint density at radius 1 is 0.935 bits per heavy atom. The number of carbonyl (C=O) groups is 1. The molecule has 0 bridgehead atoms. The van der Waals surface area contributed by atoms with E-state index in [1.807, 2.05) is 0 Å². The Hall–Kier alpha value is -2.97. The van der Waals surface area contributed by atoms with E-state index in [4.69, 9.17) is 4.42 Å². The molecule has 0 saturated carbocycles. The number of nitrogens with one attached hydrogen (secondary N) is 1. The minimum absolute atomic E-state index is 0.174. The summed E-state index contributed by atoms with van der Waals surface area (Å²) in [5.74, 6) is 0.479. The number of nitrogens with zero attached hydrogens (tertiary/aromatic N) is 1. The molecule has 1 aromatic heterocycles. The van der Waals surface area contributed by atoms with E-state index in [2.05, 4.69) is 5.32 Å². The molecule has 0 atom stereocenters. The Morgan fingerprint density at radius 2 is 1.61 bits per heavy atom. The fraction of sp³-hybridized carbons (Fsp3) is 0.261. The second-order valence-electron chi connectivity index (χ2n) is 7.44. The van der Waals surface area contributed by atoms with E-state index < -0.39 is 10.0 Å². The van der Waals surface area contributed by atoms with Crippen LogP contribution in [0.4, 0.5) is 4.39 Å². The van der Waals surface area contributed by atoms with Crippen molar-refractivity contribution in [3.8, 4) is 11.3 Å². The lowest BCUT2D eigenvalue weighted by molar-refractivity contribution is 0.0948. The first-order chi connectivity index (χ1) is 14.9. The minimum Gasteiger partial charge on any atom is -0.459 e. The summed E-state index contributed by atoms with van der Waals surface area (Å²) < 4.78 is 45.7. The highest BCUT2D eigenvalue weighted by Crippen LogP contribution is 2.23. The minimum atomic E-state index is -3.52. The van der Waals surface area contributed by atoms with Crippen LogP contribution in [0.2, 0.25) is 0 Å². The summed E-state index contributed by atoms with van der Waals surface area (Å²) in [4.78, 5) is 12.6. The molecule has 31 heavy (non-hydrogen) atoms. The van der Waals surface area contributed by atoms with Crippen LogP contribution < -0.4 is 5.32 Å². The molecule has 1 aliphatic rings. The summed E-state index contributed by atoms with van der Waals surface area (Å²) in [7, 11) is -3.52. The van der Waals surface area contributed by atoms with Gasteiger partial charge in [-0.1, -0.05) is 6.42 Å². The van der Waals surface area contributed by atoms with E-state index in [0.29, 0.717) is 30.2 Å². The zero-order valence-corrected chi connectivity index (χ0v) is 17.7. The molecule has 1 fully saturated rings. The highest BCUT2D eigenvalue weighted by atomic mass is 32.2. The topological polar surface area (TPSA) is 79.6 Å². The van der Waals surface area contributed by atoms with Gasteiger partial charge in [0.15, 0.2) is 0 Å². The molecule has 3 aromatic rings. The fourth-order valence-electron chi connectivity index (χ4n) is 3.54. The lowest BCUT2D eigenvalue weighted by atomic mass is 10.2. The molecule has 0 unspecified atom stereocenters. The number of piperidine rings is 1. The predicted octanol–water partition coefficient (Wildman–Crippen LogP) is 4.19. The van der Waals surface area contributed by atoms with Crippen molar-refractivity contribution in [3.63, 3.8) is 0 Å². The third-order valence-corrected chi connectivity index (χ3v) is 7.20. The Kier molecular flexibility index (Phi) is 6.20. The Morgan fingerprint density at radius 3 is 2.29 bits per heavy atom. The third-order valence-electron chi connectivity index (χ3n) is 5.28. The summed E-state index contributed by atoms with van der Waals surface area (Å²) in [6.45, 7) is 1.25. The van der Waals surface area contributed by atoms with E-state index in [0.717, 1.165) is 24.8 Å². The van der Waals surface area contributed by atoms with E-state index in [1.54, 1.807) is 24.3 Å². The van der Waals surface area contributed by atoms with Gasteiger partial charge in [-0.2, -0.15) is 4.31 Å². The molecule has 6 nitrogen and oxygen atoms in total. The van der Waals surface area contributed by atoms with Gasteiger partial charge in [0, 0.05) is 24.2 Å². The van der Waals surface area contributed by atoms with Crippen molar-refractivity contribution in [1.82, 2.24) is 9.62 Å². The van der Waals surface area contributed by atoms with Gasteiger partial charge in [0.2, 0.25) is 10.0 Å². The molecule has 2 heterocycles. The molecule has 0 radical (unpaired) electrons. The molecule has 1 N–H and O–H groups in total. The number of amides is 1. The molecular formula is C23H23FN2O4S. The number of carbonyl (C=O) groups excluding carboxylic acids is 1. The smallest absolute Gasteiger partial charge is 0.251 e. The van der Waals surface area contributed by atoms with E-state index in [-0.39, 0.29) is 23.2 Å². The van der Waals surface area contributed by atoms with Gasteiger partial charge in [0.05, 0.1) is 11.4 Å². The zero-order chi connectivity index (χ0) is 21.8. The first kappa shape index (κ1) is 21.3. The summed E-state index contributed by atoms with van der Waals surface area (Å²) in [6.07, 6.45) is 2.79. The standard InChI is InChI=1S/C23H23FN2O4S/c24-19-8-4-17(5-9-19)22-13-10-20(30-22)16-25-23(27)18-6-11-21(12-7-18)31(28,29)26-14-2-1-3-15-26/h4-13H,1-3,14-16H2,(H,25,27). The fourth-order valence-corrected chi connectivity index (χ4v) is 5.06. The lowest BCUT2D eigenvalue weighted by Crippen LogP contribution is -2.35. The van der Waals surface area contributed by atoms with E-state index >= 15 is 0 Å². The third kappa shape index (κ3) is 4.86. The van der Waals surface area contributed by atoms with Crippen LogP contribution in [0.3, 0.4) is 0 Å². The molecule has 8 heteroatoms. The summed E-state index contributed by atoms with van der Waals surface area (Å²) in [6, 6.07) is 15.4. The quantitative estimate of drug-likeness (QED) is 0.621. The van der Waals surface area contributed by atoms with Gasteiger partial charge in [-0.25, -0.2) is 12.8 Å². The van der Waals surface area contributed by atoms with Crippen molar-refractivity contribution in [1.29, 1.82) is 0 Å². The van der Waals surface area contributed by atoms with Crippen molar-refractivity contribution < 1.29 is 22.0 Å². The number of benzene rings is 2. The number of hydrogen-bond acceptors (Lipinski definition) is 4. The number of sulfonamides is 1. The van der Waals surface area contributed by atoms with Gasteiger partial charge in [-0.05, 0) is 73.5 Å². The predicted molar refractivity (Wildman–Crippen MR) is 114 cm³/mol. The normalized spacial score (nSPS) is 15.0. The Bertz CT molecular complexity index is 1150. The van der Waals surface area contributed by atoms with Crippen LogP contribution >= 0.6 is 0 Å². The average Bonchev–Trinajstić information content (AvgIpc) is 3.28. The summed E-state index contributed by atoms with van der Waals surface area (Å²) in [5.41, 5.74) is 1.10. The number of furan rings is 1. The second-order valence-corrected chi connectivity index (χ2v) is 9.38. The van der Waals surface area contributed by atoms with Crippen LogP contribution in [0.5, 0.6) is 0 Å². The van der Waals surface area contributed by atoms with Gasteiger partial charge in [0.1, 0.15) is 17.3 Å². The zero-order valence-electron chi connectivity index (χ0n) is 16.9. The summed E-state index contributed by atoms with van der Waals surface area (Å²) in [5, 5.41) is 2.76. The molecular weight excluding hydrogens is 419 g/mol. The molecule has 4 rings (SSSR count). The molecule has 1 aliphatic heterocycles. The van der Waals surface area contributed by atoms with Crippen LogP contribution in [0, 0.1) is 5.82 Å². The van der Waals surface area contributed by atoms with Crippen molar-refractivity contribution in [2.24, 2.45) is 0 Å². The van der Waals surface area contributed by atoms with Crippen molar-refractivity contribution in [2.45, 2.75) is 30.7 Å². The number of halogens is 1. The molecule has 1 saturated heterocycles. The van der Waals surface area contributed by atoms with Crippen LogP contribution in [-0.2, 0) is 16.6 Å². The van der Waals surface area contributed by atoms with Crippen LogP contribution in [0.15, 0.2) is 70.0 Å². The summed E-state index contributed by atoms with van der Waals surface area (Å²) >= 11 is 0. The second kappa shape index (κ2) is 9.03. The van der Waals surface area contributed by atoms with Gasteiger partial charge >= 0.3 is 0 Å². The van der Waals surface area contributed by atoms with Crippen LogP contribution in [-0.4, -0.2) is 31.7 Å². The molecule has 1 amide bonds. The average molecular weight is 443 g/mol. The maximum atomic E-state index is 13.0. The molecule has 0 spiro atoms. The SMILES string of the molecule is O=C(NCc1ccc(-c2ccc(F)cc2)o1)c1ccc(S(=O)(=O)N2CCCCC2)cc1. The van der Waals surface area contributed by atoms with Crippen LogP contribution in [0.25, 0.3) is 11.3 Å². The van der Waals surface area contributed by atoms with E-state index in [9.17, 15) is 17.6 Å². The lowest BCUT2D eigenvalue weighted by Gasteiger charge is -2.25. The van der Waals surface area contributed by atoms with Gasteiger partial charge in [0.25, 0.3) is 5.91 Å². The first-order valence-electron chi connectivity index (χ1n) is 10.2. The van der Waals surface area contributed by atoms with E-state index in [1.165, 1.54) is 40.7 Å². The Labute approximate surface area is 180 Å². The largest absolute Gasteiger partial charge is 0.459 e. The van der Waals surface area contributed by atoms with Gasteiger partial charge < -0.3 is 9.73 Å².